The summed E-state index contributed by atoms with van der Waals surface area (Å²) in [6, 6.07) is 16.5. The normalized spacial score (nSPS) is 10.8. The van der Waals surface area contributed by atoms with E-state index in [0.717, 1.165) is 21.5 Å². The van der Waals surface area contributed by atoms with Gasteiger partial charge in [0.25, 0.3) is 5.91 Å². The number of rotatable bonds is 6. The summed E-state index contributed by atoms with van der Waals surface area (Å²) in [7, 11) is 0. The van der Waals surface area contributed by atoms with E-state index in [-0.39, 0.29) is 5.91 Å². The van der Waals surface area contributed by atoms with Gasteiger partial charge in [0, 0.05) is 23.0 Å². The number of hydrogen-bond donors (Lipinski definition) is 0. The summed E-state index contributed by atoms with van der Waals surface area (Å²) >= 11 is 7.56. The van der Waals surface area contributed by atoms with E-state index in [1.54, 1.807) is 41.6 Å². The molecule has 7 heteroatoms. The second kappa shape index (κ2) is 8.59. The molecule has 146 valence electrons. The fourth-order valence-corrected chi connectivity index (χ4v) is 4.12. The number of amides is 1. The van der Waals surface area contributed by atoms with Gasteiger partial charge in [0.2, 0.25) is 0 Å². The second-order valence-electron chi connectivity index (χ2n) is 6.32. The van der Waals surface area contributed by atoms with Gasteiger partial charge in [0.15, 0.2) is 5.13 Å². The Hall–Kier alpha value is -2.96. The summed E-state index contributed by atoms with van der Waals surface area (Å²) in [6.45, 7) is 2.90. The highest BCUT2D eigenvalue weighted by Gasteiger charge is 2.22. The maximum Gasteiger partial charge on any atom is 0.260 e. The Kier molecular flexibility index (Phi) is 5.74. The van der Waals surface area contributed by atoms with Gasteiger partial charge >= 0.3 is 0 Å². The minimum Gasteiger partial charge on any atom is -0.494 e. The van der Waals surface area contributed by atoms with Gasteiger partial charge < -0.3 is 4.74 Å². The molecule has 29 heavy (non-hydrogen) atoms. The van der Waals surface area contributed by atoms with Crippen LogP contribution in [0.4, 0.5) is 5.13 Å². The lowest BCUT2D eigenvalue weighted by molar-refractivity contribution is 0.0985. The van der Waals surface area contributed by atoms with Gasteiger partial charge in [-0.3, -0.25) is 14.7 Å². The van der Waals surface area contributed by atoms with E-state index in [1.807, 2.05) is 37.3 Å². The topological polar surface area (TPSA) is 55.3 Å². The Labute approximate surface area is 177 Å². The number of carbonyl (C=O) groups is 1. The summed E-state index contributed by atoms with van der Waals surface area (Å²) in [5.41, 5.74) is 2.25. The van der Waals surface area contributed by atoms with Crippen molar-refractivity contribution >= 4 is 44.2 Å². The number of carbonyl (C=O) groups excluding carboxylic acids is 1. The van der Waals surface area contributed by atoms with Crippen LogP contribution >= 0.6 is 22.9 Å². The Morgan fingerprint density at radius 2 is 2.07 bits per heavy atom. The van der Waals surface area contributed by atoms with Gasteiger partial charge in [0.05, 0.1) is 23.4 Å². The van der Waals surface area contributed by atoms with Crippen molar-refractivity contribution < 1.29 is 9.53 Å². The lowest BCUT2D eigenvalue weighted by Gasteiger charge is -2.20. The first kappa shape index (κ1) is 19.4. The van der Waals surface area contributed by atoms with Crippen molar-refractivity contribution in [3.8, 4) is 5.75 Å². The lowest BCUT2D eigenvalue weighted by atomic mass is 10.2. The molecule has 0 aliphatic carbocycles. The van der Waals surface area contributed by atoms with Crippen LogP contribution in [0.5, 0.6) is 5.75 Å². The predicted octanol–water partition coefficient (Wildman–Crippen LogP) is 5.59. The molecule has 0 saturated heterocycles. The molecular weight excluding hydrogens is 406 g/mol. The minimum absolute atomic E-state index is 0.166. The number of ether oxygens (including phenoxy) is 1. The Morgan fingerprint density at radius 1 is 1.17 bits per heavy atom. The molecule has 2 aromatic carbocycles. The SMILES string of the molecule is CCOc1ccc2nc(N(Cc3cccnc3)C(=O)c3cccc(Cl)c3)sc2c1. The molecule has 0 N–H and O–H groups in total. The molecule has 0 fully saturated rings. The lowest BCUT2D eigenvalue weighted by Crippen LogP contribution is -2.30. The van der Waals surface area contributed by atoms with E-state index in [4.69, 9.17) is 21.3 Å². The van der Waals surface area contributed by atoms with E-state index >= 15 is 0 Å². The molecule has 0 spiro atoms. The molecule has 1 amide bonds. The summed E-state index contributed by atoms with van der Waals surface area (Å²) in [4.78, 5) is 23.9. The highest BCUT2D eigenvalue weighted by atomic mass is 35.5. The number of thiazole rings is 1. The van der Waals surface area contributed by atoms with Crippen molar-refractivity contribution in [3.63, 3.8) is 0 Å². The summed E-state index contributed by atoms with van der Waals surface area (Å²) in [5.74, 6) is 0.621. The molecule has 0 aliphatic heterocycles. The molecular formula is C22H18ClN3O2S. The van der Waals surface area contributed by atoms with Crippen LogP contribution in [0.1, 0.15) is 22.8 Å². The average Bonchev–Trinajstić information content (AvgIpc) is 3.15. The predicted molar refractivity (Wildman–Crippen MR) is 117 cm³/mol. The number of pyridine rings is 1. The van der Waals surface area contributed by atoms with Crippen molar-refractivity contribution in [1.29, 1.82) is 0 Å². The molecule has 5 nitrogen and oxygen atoms in total. The molecule has 0 atom stereocenters. The highest BCUT2D eigenvalue weighted by Crippen LogP contribution is 2.33. The van der Waals surface area contributed by atoms with Gasteiger partial charge in [-0.05, 0) is 55.0 Å². The van der Waals surface area contributed by atoms with Crippen molar-refractivity contribution in [1.82, 2.24) is 9.97 Å². The van der Waals surface area contributed by atoms with E-state index < -0.39 is 0 Å². The average molecular weight is 424 g/mol. The first-order chi connectivity index (χ1) is 14.1. The molecule has 0 aliphatic rings. The molecule has 4 rings (SSSR count). The molecule has 2 heterocycles. The monoisotopic (exact) mass is 423 g/mol. The first-order valence-corrected chi connectivity index (χ1v) is 10.3. The number of hydrogen-bond acceptors (Lipinski definition) is 5. The molecule has 0 radical (unpaired) electrons. The van der Waals surface area contributed by atoms with E-state index in [9.17, 15) is 4.79 Å². The zero-order chi connectivity index (χ0) is 20.2. The zero-order valence-corrected chi connectivity index (χ0v) is 17.3. The first-order valence-electron chi connectivity index (χ1n) is 9.14. The minimum atomic E-state index is -0.166. The number of halogens is 1. The van der Waals surface area contributed by atoms with E-state index in [0.29, 0.717) is 28.9 Å². The van der Waals surface area contributed by atoms with Crippen molar-refractivity contribution in [2.24, 2.45) is 0 Å². The fraction of sp³-hybridized carbons (Fsp3) is 0.136. The molecule has 0 unspecified atom stereocenters. The molecule has 0 saturated carbocycles. The van der Waals surface area contributed by atoms with Crippen LogP contribution in [0.15, 0.2) is 67.0 Å². The van der Waals surface area contributed by atoms with Gasteiger partial charge in [-0.25, -0.2) is 4.98 Å². The maximum absolute atomic E-state index is 13.3. The summed E-state index contributed by atoms with van der Waals surface area (Å²) in [6.07, 6.45) is 3.46. The van der Waals surface area contributed by atoms with Crippen molar-refractivity contribution in [2.45, 2.75) is 13.5 Å². The maximum atomic E-state index is 13.3. The van der Waals surface area contributed by atoms with Crippen LogP contribution in [0, 0.1) is 0 Å². The number of fused-ring (bicyclic) bond motifs is 1. The number of anilines is 1. The van der Waals surface area contributed by atoms with Crippen LogP contribution in [0.3, 0.4) is 0 Å². The second-order valence-corrected chi connectivity index (χ2v) is 7.77. The fourth-order valence-electron chi connectivity index (χ4n) is 2.94. The number of aromatic nitrogens is 2. The van der Waals surface area contributed by atoms with Crippen LogP contribution < -0.4 is 9.64 Å². The third-order valence-corrected chi connectivity index (χ3v) is 5.55. The van der Waals surface area contributed by atoms with Gasteiger partial charge in [-0.15, -0.1) is 0 Å². The van der Waals surface area contributed by atoms with Crippen molar-refractivity contribution in [2.75, 3.05) is 11.5 Å². The summed E-state index contributed by atoms with van der Waals surface area (Å²) < 4.78 is 6.54. The van der Waals surface area contributed by atoms with Crippen LogP contribution in [0.2, 0.25) is 5.02 Å². The smallest absolute Gasteiger partial charge is 0.260 e. The Bertz CT molecular complexity index is 1150. The van der Waals surface area contributed by atoms with E-state index in [2.05, 4.69) is 4.98 Å². The quantitative estimate of drug-likeness (QED) is 0.405. The van der Waals surface area contributed by atoms with Crippen LogP contribution in [-0.2, 0) is 6.54 Å². The molecule has 0 bridgehead atoms. The largest absolute Gasteiger partial charge is 0.494 e. The van der Waals surface area contributed by atoms with Crippen LogP contribution in [0.25, 0.3) is 10.2 Å². The number of nitrogens with zero attached hydrogens (tertiary/aromatic N) is 3. The highest BCUT2D eigenvalue weighted by molar-refractivity contribution is 7.22. The van der Waals surface area contributed by atoms with Crippen LogP contribution in [-0.4, -0.2) is 22.5 Å². The van der Waals surface area contributed by atoms with E-state index in [1.165, 1.54) is 11.3 Å². The van der Waals surface area contributed by atoms with Gasteiger partial charge in [-0.2, -0.15) is 0 Å². The standard InChI is InChI=1S/C22H18ClN3O2S/c1-2-28-18-8-9-19-20(12-18)29-22(25-19)26(14-15-5-4-10-24-13-15)21(27)16-6-3-7-17(23)11-16/h3-13H,2,14H2,1H3. The third-order valence-electron chi connectivity index (χ3n) is 4.27. The molecule has 2 aromatic heterocycles. The van der Waals surface area contributed by atoms with Gasteiger partial charge in [0.1, 0.15) is 5.75 Å². The Balaban J connectivity index is 1.75. The number of benzene rings is 2. The van der Waals surface area contributed by atoms with Gasteiger partial charge in [-0.1, -0.05) is 35.1 Å². The van der Waals surface area contributed by atoms with Crippen molar-refractivity contribution in [3.05, 3.63) is 83.1 Å². The third kappa shape index (κ3) is 4.39. The molecule has 4 aromatic rings. The zero-order valence-electron chi connectivity index (χ0n) is 15.7. The summed E-state index contributed by atoms with van der Waals surface area (Å²) in [5, 5.41) is 1.13. The Morgan fingerprint density at radius 3 is 2.83 bits per heavy atom.